The predicted molar refractivity (Wildman–Crippen MR) is 79.9 cm³/mol. The number of ether oxygens (including phenoxy) is 1. The van der Waals surface area contributed by atoms with E-state index in [-0.39, 0.29) is 11.4 Å². The Morgan fingerprint density at radius 1 is 1.50 bits per heavy atom. The van der Waals surface area contributed by atoms with Gasteiger partial charge in [0, 0.05) is 12.1 Å². The molecular formula is C16H24N2O2. The summed E-state index contributed by atoms with van der Waals surface area (Å²) in [5.41, 5.74) is 6.16. The molecule has 0 bridgehead atoms. The molecule has 1 unspecified atom stereocenters. The summed E-state index contributed by atoms with van der Waals surface area (Å²) in [6.07, 6.45) is 3.24. The molecule has 2 rings (SSSR count). The predicted octanol–water partition coefficient (Wildman–Crippen LogP) is 2.33. The van der Waals surface area contributed by atoms with Gasteiger partial charge in [-0.1, -0.05) is 13.0 Å². The first-order valence-electron chi connectivity index (χ1n) is 7.34. The topological polar surface area (TPSA) is 64.3 Å². The molecule has 1 aliphatic carbocycles. The zero-order valence-electron chi connectivity index (χ0n) is 12.3. The van der Waals surface area contributed by atoms with Gasteiger partial charge in [-0.25, -0.2) is 0 Å². The van der Waals surface area contributed by atoms with Crippen LogP contribution >= 0.6 is 0 Å². The SMILES string of the molecule is CCCOc1cccc(C(=O)NC(C)(CN)C2CC2)c1. The van der Waals surface area contributed by atoms with Crippen molar-refractivity contribution in [3.8, 4) is 5.75 Å². The zero-order valence-corrected chi connectivity index (χ0v) is 12.3. The van der Waals surface area contributed by atoms with Gasteiger partial charge >= 0.3 is 0 Å². The smallest absolute Gasteiger partial charge is 0.251 e. The minimum Gasteiger partial charge on any atom is -0.494 e. The van der Waals surface area contributed by atoms with Gasteiger partial charge in [0.25, 0.3) is 5.91 Å². The van der Waals surface area contributed by atoms with Crippen LogP contribution in [0.15, 0.2) is 24.3 Å². The molecule has 1 amide bonds. The average Bonchev–Trinajstić information content (AvgIpc) is 3.30. The molecule has 0 saturated heterocycles. The van der Waals surface area contributed by atoms with Gasteiger partial charge in [0.1, 0.15) is 5.75 Å². The Morgan fingerprint density at radius 2 is 2.25 bits per heavy atom. The fraction of sp³-hybridized carbons (Fsp3) is 0.562. The van der Waals surface area contributed by atoms with Gasteiger partial charge in [0.05, 0.1) is 12.1 Å². The van der Waals surface area contributed by atoms with E-state index in [4.69, 9.17) is 10.5 Å². The van der Waals surface area contributed by atoms with Crippen molar-refractivity contribution in [3.05, 3.63) is 29.8 Å². The first-order valence-corrected chi connectivity index (χ1v) is 7.34. The highest BCUT2D eigenvalue weighted by atomic mass is 16.5. The number of amides is 1. The van der Waals surface area contributed by atoms with Crippen molar-refractivity contribution < 1.29 is 9.53 Å². The quantitative estimate of drug-likeness (QED) is 0.803. The van der Waals surface area contributed by atoms with Crippen LogP contribution in [0.3, 0.4) is 0 Å². The highest BCUT2D eigenvalue weighted by molar-refractivity contribution is 5.95. The zero-order chi connectivity index (χ0) is 14.6. The minimum absolute atomic E-state index is 0.0770. The molecule has 1 aromatic carbocycles. The molecule has 4 heteroatoms. The van der Waals surface area contributed by atoms with Crippen LogP contribution in [0.1, 0.15) is 43.5 Å². The first kappa shape index (κ1) is 14.9. The lowest BCUT2D eigenvalue weighted by Gasteiger charge is -2.29. The lowest BCUT2D eigenvalue weighted by Crippen LogP contribution is -2.53. The number of hydrogen-bond acceptors (Lipinski definition) is 3. The number of rotatable bonds is 7. The number of hydrogen-bond donors (Lipinski definition) is 2. The lowest BCUT2D eigenvalue weighted by atomic mass is 9.95. The van der Waals surface area contributed by atoms with Gasteiger partial charge in [-0.05, 0) is 50.3 Å². The molecule has 0 heterocycles. The largest absolute Gasteiger partial charge is 0.494 e. The molecule has 0 aromatic heterocycles. The molecule has 110 valence electrons. The van der Waals surface area contributed by atoms with Crippen molar-refractivity contribution >= 4 is 5.91 Å². The summed E-state index contributed by atoms with van der Waals surface area (Å²) in [4.78, 5) is 12.4. The van der Waals surface area contributed by atoms with E-state index in [1.807, 2.05) is 19.1 Å². The third-order valence-corrected chi connectivity index (χ3v) is 3.87. The van der Waals surface area contributed by atoms with E-state index >= 15 is 0 Å². The van der Waals surface area contributed by atoms with Crippen LogP contribution in [0.5, 0.6) is 5.75 Å². The molecule has 1 fully saturated rings. The second-order valence-corrected chi connectivity index (χ2v) is 5.73. The van der Waals surface area contributed by atoms with Crippen LogP contribution in [0.4, 0.5) is 0 Å². The van der Waals surface area contributed by atoms with Crippen molar-refractivity contribution in [2.45, 2.75) is 38.6 Å². The fourth-order valence-corrected chi connectivity index (χ4v) is 2.32. The van der Waals surface area contributed by atoms with E-state index in [1.165, 1.54) is 0 Å². The van der Waals surface area contributed by atoms with Crippen LogP contribution in [0.25, 0.3) is 0 Å². The lowest BCUT2D eigenvalue weighted by molar-refractivity contribution is 0.0897. The Bertz CT molecular complexity index is 471. The summed E-state index contributed by atoms with van der Waals surface area (Å²) in [5.74, 6) is 1.17. The van der Waals surface area contributed by atoms with Crippen LogP contribution in [-0.2, 0) is 0 Å². The van der Waals surface area contributed by atoms with Gasteiger partial charge in [0.2, 0.25) is 0 Å². The molecule has 1 aliphatic rings. The van der Waals surface area contributed by atoms with E-state index in [2.05, 4.69) is 12.2 Å². The molecule has 1 saturated carbocycles. The Labute approximate surface area is 120 Å². The van der Waals surface area contributed by atoms with Crippen molar-refractivity contribution in [2.24, 2.45) is 11.7 Å². The Morgan fingerprint density at radius 3 is 2.85 bits per heavy atom. The number of carbonyl (C=O) groups is 1. The molecule has 3 N–H and O–H groups in total. The van der Waals surface area contributed by atoms with Gasteiger partial charge < -0.3 is 15.8 Å². The number of carbonyl (C=O) groups excluding carboxylic acids is 1. The maximum atomic E-state index is 12.4. The van der Waals surface area contributed by atoms with Gasteiger partial charge in [0.15, 0.2) is 0 Å². The average molecular weight is 276 g/mol. The summed E-state index contributed by atoms with van der Waals surface area (Å²) < 4.78 is 5.56. The highest BCUT2D eigenvalue weighted by Crippen LogP contribution is 2.39. The third-order valence-electron chi connectivity index (χ3n) is 3.87. The van der Waals surface area contributed by atoms with E-state index in [1.54, 1.807) is 12.1 Å². The fourth-order valence-electron chi connectivity index (χ4n) is 2.32. The van der Waals surface area contributed by atoms with Crippen molar-refractivity contribution in [1.29, 1.82) is 0 Å². The second kappa shape index (κ2) is 6.27. The molecule has 0 spiro atoms. The first-order chi connectivity index (χ1) is 9.59. The van der Waals surface area contributed by atoms with E-state index < -0.39 is 0 Å². The minimum atomic E-state index is -0.294. The molecular weight excluding hydrogens is 252 g/mol. The van der Waals surface area contributed by atoms with E-state index in [0.29, 0.717) is 24.6 Å². The van der Waals surface area contributed by atoms with E-state index in [9.17, 15) is 4.79 Å². The summed E-state index contributed by atoms with van der Waals surface area (Å²) in [5, 5.41) is 3.09. The molecule has 4 nitrogen and oxygen atoms in total. The Hall–Kier alpha value is -1.55. The normalized spacial score (nSPS) is 17.4. The summed E-state index contributed by atoms with van der Waals surface area (Å²) in [6, 6.07) is 7.30. The van der Waals surface area contributed by atoms with Crippen LogP contribution < -0.4 is 15.8 Å². The van der Waals surface area contributed by atoms with Gasteiger partial charge in [-0.2, -0.15) is 0 Å². The van der Waals surface area contributed by atoms with Crippen molar-refractivity contribution in [1.82, 2.24) is 5.32 Å². The Balaban J connectivity index is 2.04. The van der Waals surface area contributed by atoms with Crippen LogP contribution in [-0.4, -0.2) is 24.6 Å². The standard InChI is InChI=1S/C16H24N2O2/c1-3-9-20-14-6-4-5-12(10-14)15(19)18-16(2,11-17)13-7-8-13/h4-6,10,13H,3,7-9,11,17H2,1-2H3,(H,18,19). The third kappa shape index (κ3) is 3.51. The summed E-state index contributed by atoms with van der Waals surface area (Å²) >= 11 is 0. The molecule has 0 radical (unpaired) electrons. The highest BCUT2D eigenvalue weighted by Gasteiger charge is 2.41. The Kier molecular flexibility index (Phi) is 4.65. The maximum Gasteiger partial charge on any atom is 0.251 e. The molecule has 1 aromatic rings. The second-order valence-electron chi connectivity index (χ2n) is 5.73. The van der Waals surface area contributed by atoms with Crippen molar-refractivity contribution in [3.63, 3.8) is 0 Å². The van der Waals surface area contributed by atoms with Crippen molar-refractivity contribution in [2.75, 3.05) is 13.2 Å². The van der Waals surface area contributed by atoms with Gasteiger partial charge in [-0.3, -0.25) is 4.79 Å². The monoisotopic (exact) mass is 276 g/mol. The molecule has 0 aliphatic heterocycles. The summed E-state index contributed by atoms with van der Waals surface area (Å²) in [7, 11) is 0. The maximum absolute atomic E-state index is 12.4. The number of nitrogens with two attached hydrogens (primary N) is 1. The van der Waals surface area contributed by atoms with Crippen LogP contribution in [0.2, 0.25) is 0 Å². The molecule has 1 atom stereocenters. The number of benzene rings is 1. The summed E-state index contributed by atoms with van der Waals surface area (Å²) in [6.45, 7) is 5.21. The van der Waals surface area contributed by atoms with E-state index in [0.717, 1.165) is 25.0 Å². The molecule has 20 heavy (non-hydrogen) atoms. The van der Waals surface area contributed by atoms with Gasteiger partial charge in [-0.15, -0.1) is 0 Å². The van der Waals surface area contributed by atoms with Crippen LogP contribution in [0, 0.1) is 5.92 Å². The number of nitrogens with one attached hydrogen (secondary N) is 1.